The molecule has 0 N–H and O–H groups in total. The fraction of sp³-hybridized carbons (Fsp3) is 0.400. The van der Waals surface area contributed by atoms with Crippen molar-refractivity contribution >= 4 is 5.91 Å². The van der Waals surface area contributed by atoms with E-state index in [1.807, 2.05) is 32.2 Å². The van der Waals surface area contributed by atoms with E-state index in [2.05, 4.69) is 17.0 Å². The lowest BCUT2D eigenvalue weighted by molar-refractivity contribution is 0.0710. The van der Waals surface area contributed by atoms with Gasteiger partial charge in [-0.15, -0.1) is 0 Å². The molecule has 2 heterocycles. The highest BCUT2D eigenvalue weighted by molar-refractivity contribution is 5.92. The van der Waals surface area contributed by atoms with E-state index in [0.717, 1.165) is 12.1 Å². The van der Waals surface area contributed by atoms with E-state index in [1.165, 1.54) is 0 Å². The smallest absolute Gasteiger partial charge is 0.272 e. The Labute approximate surface area is 119 Å². The summed E-state index contributed by atoms with van der Waals surface area (Å²) in [6, 6.07) is 7.51. The lowest BCUT2D eigenvalue weighted by atomic mass is 10.1. The second-order valence-electron chi connectivity index (χ2n) is 4.63. The molecule has 2 rings (SSSR count). The van der Waals surface area contributed by atoms with Crippen LogP contribution >= 0.6 is 0 Å². The first-order valence-corrected chi connectivity index (χ1v) is 6.88. The van der Waals surface area contributed by atoms with E-state index in [0.29, 0.717) is 12.2 Å². The Morgan fingerprint density at radius 2 is 2.10 bits per heavy atom. The third-order valence-electron chi connectivity index (χ3n) is 3.44. The summed E-state index contributed by atoms with van der Waals surface area (Å²) in [5.74, 6) is -0.0261. The molecule has 2 aromatic rings. The van der Waals surface area contributed by atoms with Crippen molar-refractivity contribution in [3.63, 3.8) is 0 Å². The number of nitrogens with zero attached hydrogens (tertiary/aromatic N) is 4. The molecule has 0 bridgehead atoms. The molecule has 0 aliphatic rings. The molecule has 0 aromatic carbocycles. The molecule has 2 aromatic heterocycles. The van der Waals surface area contributed by atoms with Gasteiger partial charge in [0.2, 0.25) is 0 Å². The van der Waals surface area contributed by atoms with Crippen molar-refractivity contribution in [3.8, 4) is 0 Å². The van der Waals surface area contributed by atoms with Gasteiger partial charge in [0.15, 0.2) is 0 Å². The average molecular weight is 272 g/mol. The molecule has 0 aliphatic heterocycles. The number of aromatic nitrogens is 3. The van der Waals surface area contributed by atoms with E-state index in [-0.39, 0.29) is 11.9 Å². The van der Waals surface area contributed by atoms with Gasteiger partial charge in [0.1, 0.15) is 5.69 Å². The molecule has 0 spiro atoms. The molecule has 0 saturated carbocycles. The summed E-state index contributed by atoms with van der Waals surface area (Å²) in [6.07, 6.45) is 4.23. The van der Waals surface area contributed by atoms with Crippen LogP contribution in [-0.4, -0.2) is 32.6 Å². The van der Waals surface area contributed by atoms with Crippen molar-refractivity contribution in [3.05, 3.63) is 48.0 Å². The number of carbonyl (C=O) groups is 1. The first kappa shape index (κ1) is 14.2. The molecule has 0 radical (unpaired) electrons. The largest absolute Gasteiger partial charge is 0.332 e. The summed E-state index contributed by atoms with van der Waals surface area (Å²) in [7, 11) is 1.82. The van der Waals surface area contributed by atoms with Gasteiger partial charge >= 0.3 is 0 Å². The van der Waals surface area contributed by atoms with Crippen molar-refractivity contribution in [2.24, 2.45) is 0 Å². The van der Waals surface area contributed by atoms with Gasteiger partial charge in [0.05, 0.1) is 11.7 Å². The van der Waals surface area contributed by atoms with Crippen LogP contribution in [0.25, 0.3) is 0 Å². The predicted octanol–water partition coefficient (Wildman–Crippen LogP) is 2.52. The van der Waals surface area contributed by atoms with Gasteiger partial charge in [-0.2, -0.15) is 5.10 Å². The van der Waals surface area contributed by atoms with E-state index >= 15 is 0 Å². The molecule has 1 atom stereocenters. The number of amides is 1. The zero-order valence-electron chi connectivity index (χ0n) is 12.2. The van der Waals surface area contributed by atoms with Gasteiger partial charge in [-0.3, -0.25) is 14.5 Å². The highest BCUT2D eigenvalue weighted by Crippen LogP contribution is 2.22. The van der Waals surface area contributed by atoms with Gasteiger partial charge in [-0.25, -0.2) is 0 Å². The second kappa shape index (κ2) is 6.32. The summed E-state index contributed by atoms with van der Waals surface area (Å²) in [6.45, 7) is 4.71. The maximum atomic E-state index is 12.6. The van der Waals surface area contributed by atoms with Crippen molar-refractivity contribution in [1.82, 2.24) is 19.7 Å². The summed E-state index contributed by atoms with van der Waals surface area (Å²) in [4.78, 5) is 18.7. The van der Waals surface area contributed by atoms with E-state index in [9.17, 15) is 4.79 Å². The number of hydrogen-bond donors (Lipinski definition) is 0. The normalized spacial score (nSPS) is 12.2. The van der Waals surface area contributed by atoms with Crippen LogP contribution < -0.4 is 0 Å². The Hall–Kier alpha value is -2.17. The average Bonchev–Trinajstić information content (AvgIpc) is 2.96. The van der Waals surface area contributed by atoms with Crippen molar-refractivity contribution in [2.75, 3.05) is 7.05 Å². The van der Waals surface area contributed by atoms with E-state index in [4.69, 9.17) is 0 Å². The first-order valence-electron chi connectivity index (χ1n) is 6.88. The van der Waals surface area contributed by atoms with Crippen LogP contribution in [0.1, 0.15) is 42.5 Å². The Balaban J connectivity index is 2.25. The maximum absolute atomic E-state index is 12.6. The van der Waals surface area contributed by atoms with Crippen molar-refractivity contribution in [1.29, 1.82) is 0 Å². The molecule has 5 heteroatoms. The van der Waals surface area contributed by atoms with Gasteiger partial charge in [0, 0.05) is 26.0 Å². The topological polar surface area (TPSA) is 51.0 Å². The number of rotatable bonds is 5. The Morgan fingerprint density at radius 1 is 1.30 bits per heavy atom. The number of aryl methyl sites for hydroxylation is 1. The standard InChI is InChI=1S/C15H20N4O/c1-4-13(12-8-6-7-10-16-12)18(3)15(20)14-9-11-17-19(14)5-2/h6-11,13H,4-5H2,1-3H3. The Morgan fingerprint density at radius 3 is 2.70 bits per heavy atom. The zero-order chi connectivity index (χ0) is 14.5. The molecule has 5 nitrogen and oxygen atoms in total. The highest BCUT2D eigenvalue weighted by Gasteiger charge is 2.24. The second-order valence-corrected chi connectivity index (χ2v) is 4.63. The molecule has 1 amide bonds. The SMILES string of the molecule is CCC(c1ccccn1)N(C)C(=O)c1ccnn1CC. The third kappa shape index (κ3) is 2.71. The van der Waals surface area contributed by atoms with Gasteiger partial charge < -0.3 is 4.90 Å². The predicted molar refractivity (Wildman–Crippen MR) is 77.3 cm³/mol. The molecule has 0 aliphatic carbocycles. The van der Waals surface area contributed by atoms with Gasteiger partial charge in [0.25, 0.3) is 5.91 Å². The fourth-order valence-electron chi connectivity index (χ4n) is 2.34. The first-order chi connectivity index (χ1) is 9.69. The summed E-state index contributed by atoms with van der Waals surface area (Å²) < 4.78 is 1.71. The molecule has 20 heavy (non-hydrogen) atoms. The Bertz CT molecular complexity index is 564. The van der Waals surface area contributed by atoms with Crippen LogP contribution in [0.5, 0.6) is 0 Å². The fourth-order valence-corrected chi connectivity index (χ4v) is 2.34. The molecular formula is C15H20N4O. The minimum atomic E-state index is -0.0261. The van der Waals surface area contributed by atoms with E-state index < -0.39 is 0 Å². The van der Waals surface area contributed by atoms with Crippen molar-refractivity contribution < 1.29 is 4.79 Å². The Kier molecular flexibility index (Phi) is 4.50. The van der Waals surface area contributed by atoms with Gasteiger partial charge in [-0.1, -0.05) is 13.0 Å². The number of carbonyl (C=O) groups excluding carboxylic acids is 1. The minimum absolute atomic E-state index is 0.0242. The number of pyridine rings is 1. The van der Waals surface area contributed by atoms with Crippen LogP contribution in [0.15, 0.2) is 36.7 Å². The molecule has 106 valence electrons. The van der Waals surface area contributed by atoms with Crippen molar-refractivity contribution in [2.45, 2.75) is 32.9 Å². The summed E-state index contributed by atoms with van der Waals surface area (Å²) in [5, 5.41) is 4.15. The lowest BCUT2D eigenvalue weighted by Crippen LogP contribution is -2.33. The third-order valence-corrected chi connectivity index (χ3v) is 3.44. The van der Waals surface area contributed by atoms with Crippen LogP contribution in [0.4, 0.5) is 0 Å². The summed E-state index contributed by atoms with van der Waals surface area (Å²) >= 11 is 0. The summed E-state index contributed by atoms with van der Waals surface area (Å²) in [5.41, 5.74) is 1.53. The van der Waals surface area contributed by atoms with Crippen LogP contribution in [-0.2, 0) is 6.54 Å². The minimum Gasteiger partial charge on any atom is -0.332 e. The molecule has 1 unspecified atom stereocenters. The maximum Gasteiger partial charge on any atom is 0.272 e. The van der Waals surface area contributed by atoms with Gasteiger partial charge in [-0.05, 0) is 31.5 Å². The monoisotopic (exact) mass is 272 g/mol. The molecule has 0 fully saturated rings. The molecule has 0 saturated heterocycles. The molecular weight excluding hydrogens is 252 g/mol. The zero-order valence-corrected chi connectivity index (χ0v) is 12.2. The lowest BCUT2D eigenvalue weighted by Gasteiger charge is -2.27. The number of hydrogen-bond acceptors (Lipinski definition) is 3. The van der Waals surface area contributed by atoms with E-state index in [1.54, 1.807) is 28.0 Å². The van der Waals surface area contributed by atoms with Crippen LogP contribution in [0.2, 0.25) is 0 Å². The quantitative estimate of drug-likeness (QED) is 0.840. The van der Waals surface area contributed by atoms with Crippen LogP contribution in [0.3, 0.4) is 0 Å². The highest BCUT2D eigenvalue weighted by atomic mass is 16.2. The van der Waals surface area contributed by atoms with Crippen LogP contribution in [0, 0.1) is 0 Å².